The number of allylic oxidation sites excluding steroid dienone is 2. The van der Waals surface area contributed by atoms with Crippen molar-refractivity contribution in [3.63, 3.8) is 0 Å². The highest BCUT2D eigenvalue weighted by Crippen LogP contribution is 2.25. The smallest absolute Gasteiger partial charge is 0.229 e. The number of rotatable bonds is 3. The zero-order valence-electron chi connectivity index (χ0n) is 10.6. The second-order valence-electron chi connectivity index (χ2n) is 4.13. The van der Waals surface area contributed by atoms with Gasteiger partial charge >= 0.3 is 0 Å². The SMILES string of the molecule is CCNC1=C(C)C(=O)c2c(nc(CO)n2C)C1=O. The second kappa shape index (κ2) is 4.38. The molecule has 0 aliphatic heterocycles. The Labute approximate surface area is 104 Å². The molecule has 6 nitrogen and oxygen atoms in total. The van der Waals surface area contributed by atoms with Gasteiger partial charge in [-0.25, -0.2) is 4.98 Å². The van der Waals surface area contributed by atoms with Gasteiger partial charge in [0.2, 0.25) is 11.6 Å². The van der Waals surface area contributed by atoms with Crippen LogP contribution in [0, 0.1) is 0 Å². The highest BCUT2D eigenvalue weighted by Gasteiger charge is 2.34. The first-order valence-corrected chi connectivity index (χ1v) is 5.73. The molecule has 0 atom stereocenters. The van der Waals surface area contributed by atoms with Gasteiger partial charge in [-0.3, -0.25) is 9.59 Å². The van der Waals surface area contributed by atoms with Crippen molar-refractivity contribution in [3.05, 3.63) is 28.5 Å². The standard InChI is InChI=1S/C12H15N3O3/c1-4-13-8-6(2)11(17)10-9(12(8)18)14-7(5-16)15(10)3/h13,16H,4-5H2,1-3H3. The van der Waals surface area contributed by atoms with Crippen molar-refractivity contribution >= 4 is 11.6 Å². The molecule has 0 bridgehead atoms. The van der Waals surface area contributed by atoms with Crippen molar-refractivity contribution < 1.29 is 14.7 Å². The molecule has 0 radical (unpaired) electrons. The van der Waals surface area contributed by atoms with E-state index in [1.165, 1.54) is 4.57 Å². The molecule has 0 fully saturated rings. The summed E-state index contributed by atoms with van der Waals surface area (Å²) in [5.74, 6) is -0.207. The first-order valence-electron chi connectivity index (χ1n) is 5.73. The Morgan fingerprint density at radius 3 is 2.56 bits per heavy atom. The van der Waals surface area contributed by atoms with Crippen LogP contribution < -0.4 is 5.32 Å². The van der Waals surface area contributed by atoms with Crippen LogP contribution in [0.4, 0.5) is 0 Å². The third-order valence-corrected chi connectivity index (χ3v) is 3.06. The lowest BCUT2D eigenvalue weighted by Gasteiger charge is -2.17. The average Bonchev–Trinajstić information content (AvgIpc) is 2.69. The van der Waals surface area contributed by atoms with Gasteiger partial charge in [0.05, 0.1) is 5.70 Å². The topological polar surface area (TPSA) is 84.2 Å². The Morgan fingerprint density at radius 1 is 1.33 bits per heavy atom. The van der Waals surface area contributed by atoms with Gasteiger partial charge in [-0.1, -0.05) is 0 Å². The van der Waals surface area contributed by atoms with E-state index in [4.69, 9.17) is 5.11 Å². The van der Waals surface area contributed by atoms with Gasteiger partial charge in [0.25, 0.3) is 0 Å². The number of hydrogen-bond donors (Lipinski definition) is 2. The van der Waals surface area contributed by atoms with E-state index in [1.807, 2.05) is 6.92 Å². The van der Waals surface area contributed by atoms with Crippen LogP contribution in [-0.4, -0.2) is 32.8 Å². The van der Waals surface area contributed by atoms with Crippen molar-refractivity contribution in [3.8, 4) is 0 Å². The molecule has 0 aromatic carbocycles. The van der Waals surface area contributed by atoms with Gasteiger partial charge in [-0.05, 0) is 13.8 Å². The van der Waals surface area contributed by atoms with E-state index < -0.39 is 0 Å². The Balaban J connectivity index is 2.62. The predicted molar refractivity (Wildman–Crippen MR) is 64.2 cm³/mol. The summed E-state index contributed by atoms with van der Waals surface area (Å²) < 4.78 is 1.47. The first kappa shape index (κ1) is 12.5. The number of ketones is 2. The third kappa shape index (κ3) is 1.57. The van der Waals surface area contributed by atoms with Crippen LogP contribution >= 0.6 is 0 Å². The van der Waals surface area contributed by atoms with Crippen LogP contribution in [0.1, 0.15) is 40.6 Å². The largest absolute Gasteiger partial charge is 0.388 e. The Hall–Kier alpha value is -1.95. The summed E-state index contributed by atoms with van der Waals surface area (Å²) in [4.78, 5) is 28.5. The number of hydrogen-bond acceptors (Lipinski definition) is 5. The summed E-state index contributed by atoms with van der Waals surface area (Å²) >= 11 is 0. The molecule has 0 saturated heterocycles. The molecule has 18 heavy (non-hydrogen) atoms. The first-order chi connectivity index (χ1) is 8.52. The maximum Gasteiger partial charge on any atom is 0.229 e. The number of imidazole rings is 1. The van der Waals surface area contributed by atoms with E-state index in [0.717, 1.165) is 0 Å². The number of nitrogens with one attached hydrogen (secondary N) is 1. The zero-order chi connectivity index (χ0) is 13.4. The highest BCUT2D eigenvalue weighted by atomic mass is 16.3. The number of carbonyl (C=O) groups excluding carboxylic acids is 2. The number of carbonyl (C=O) groups is 2. The number of aliphatic hydroxyl groups is 1. The molecule has 1 heterocycles. The minimum Gasteiger partial charge on any atom is -0.388 e. The van der Waals surface area contributed by atoms with Crippen LogP contribution in [0.25, 0.3) is 0 Å². The molecular weight excluding hydrogens is 234 g/mol. The lowest BCUT2D eigenvalue weighted by atomic mass is 9.95. The predicted octanol–water partition coefficient (Wildman–Crippen LogP) is 0.175. The summed E-state index contributed by atoms with van der Waals surface area (Å²) in [6, 6.07) is 0. The quantitative estimate of drug-likeness (QED) is 0.798. The molecular formula is C12H15N3O3. The fourth-order valence-electron chi connectivity index (χ4n) is 2.07. The van der Waals surface area contributed by atoms with Gasteiger partial charge in [0.15, 0.2) is 0 Å². The van der Waals surface area contributed by atoms with Crippen LogP contribution in [0.5, 0.6) is 0 Å². The monoisotopic (exact) mass is 249 g/mol. The van der Waals surface area contributed by atoms with E-state index in [1.54, 1.807) is 14.0 Å². The Kier molecular flexibility index (Phi) is 3.04. The molecule has 0 spiro atoms. The minimum absolute atomic E-state index is 0.119. The van der Waals surface area contributed by atoms with Crippen molar-refractivity contribution in [1.29, 1.82) is 0 Å². The molecule has 0 amide bonds. The number of likely N-dealkylation sites (N-methyl/N-ethyl adjacent to an activating group) is 1. The Morgan fingerprint density at radius 2 is 2.00 bits per heavy atom. The number of Topliss-reactive ketones (excluding diaryl/α,β-unsaturated/α-hetero) is 2. The molecule has 6 heteroatoms. The van der Waals surface area contributed by atoms with Gasteiger partial charge in [-0.2, -0.15) is 0 Å². The normalized spacial score (nSPS) is 15.1. The molecule has 1 aliphatic carbocycles. The fraction of sp³-hybridized carbons (Fsp3) is 0.417. The second-order valence-corrected chi connectivity index (χ2v) is 4.13. The summed E-state index contributed by atoms with van der Waals surface area (Å²) in [5, 5.41) is 12.0. The van der Waals surface area contributed by atoms with Crippen LogP contribution in [0.15, 0.2) is 11.3 Å². The molecule has 2 N–H and O–H groups in total. The van der Waals surface area contributed by atoms with E-state index in [-0.39, 0.29) is 29.6 Å². The molecule has 1 aromatic heterocycles. The molecule has 96 valence electrons. The summed E-state index contributed by atoms with van der Waals surface area (Å²) in [5.41, 5.74) is 1.07. The van der Waals surface area contributed by atoms with E-state index in [9.17, 15) is 9.59 Å². The van der Waals surface area contributed by atoms with Gasteiger partial charge in [-0.15, -0.1) is 0 Å². The lowest BCUT2D eigenvalue weighted by Crippen LogP contribution is -2.30. The van der Waals surface area contributed by atoms with Crippen LogP contribution in [0.3, 0.4) is 0 Å². The third-order valence-electron chi connectivity index (χ3n) is 3.06. The summed E-state index contributed by atoms with van der Waals surface area (Å²) in [7, 11) is 1.62. The van der Waals surface area contributed by atoms with E-state index in [0.29, 0.717) is 23.6 Å². The number of aromatic nitrogens is 2. The van der Waals surface area contributed by atoms with Gasteiger partial charge in [0, 0.05) is 19.2 Å². The number of aliphatic hydroxyl groups excluding tert-OH is 1. The zero-order valence-corrected chi connectivity index (χ0v) is 10.6. The summed E-state index contributed by atoms with van der Waals surface area (Å²) in [6.07, 6.45) is 0. The van der Waals surface area contributed by atoms with Crippen LogP contribution in [0.2, 0.25) is 0 Å². The number of nitrogens with zero attached hydrogens (tertiary/aromatic N) is 2. The average molecular weight is 249 g/mol. The van der Waals surface area contributed by atoms with E-state index in [2.05, 4.69) is 10.3 Å². The molecule has 1 aromatic rings. The fourth-order valence-corrected chi connectivity index (χ4v) is 2.07. The summed E-state index contributed by atoms with van der Waals surface area (Å²) in [6.45, 7) is 3.72. The van der Waals surface area contributed by atoms with Crippen molar-refractivity contribution in [2.45, 2.75) is 20.5 Å². The van der Waals surface area contributed by atoms with Crippen molar-refractivity contribution in [1.82, 2.24) is 14.9 Å². The lowest BCUT2D eigenvalue weighted by molar-refractivity contribution is 0.0961. The van der Waals surface area contributed by atoms with E-state index >= 15 is 0 Å². The van der Waals surface area contributed by atoms with Crippen molar-refractivity contribution in [2.75, 3.05) is 6.54 Å². The molecule has 1 aliphatic rings. The minimum atomic E-state index is -0.306. The molecule has 0 unspecified atom stereocenters. The maximum atomic E-state index is 12.2. The molecule has 0 saturated carbocycles. The number of fused-ring (bicyclic) bond motifs is 1. The van der Waals surface area contributed by atoms with Gasteiger partial charge in [0.1, 0.15) is 23.8 Å². The molecule has 2 rings (SSSR count). The van der Waals surface area contributed by atoms with Crippen molar-refractivity contribution in [2.24, 2.45) is 7.05 Å². The Bertz CT molecular complexity index is 569. The maximum absolute atomic E-state index is 12.2. The highest BCUT2D eigenvalue weighted by molar-refractivity contribution is 6.25. The van der Waals surface area contributed by atoms with Crippen LogP contribution in [-0.2, 0) is 13.7 Å². The van der Waals surface area contributed by atoms with Gasteiger partial charge < -0.3 is 15.0 Å².